The minimum atomic E-state index is 0.0865. The lowest BCUT2D eigenvalue weighted by Gasteiger charge is -2.03. The van der Waals surface area contributed by atoms with Crippen LogP contribution in [0.25, 0.3) is 11.3 Å². The number of hydrogen-bond acceptors (Lipinski definition) is 2. The Kier molecular flexibility index (Phi) is 2.68. The van der Waals surface area contributed by atoms with Crippen LogP contribution in [0.15, 0.2) is 42.6 Å². The number of nitrogens with two attached hydrogens (primary N) is 1. The fourth-order valence-electron chi connectivity index (χ4n) is 1.46. The van der Waals surface area contributed by atoms with E-state index in [2.05, 4.69) is 4.98 Å². The van der Waals surface area contributed by atoms with Gasteiger partial charge >= 0.3 is 0 Å². The zero-order valence-corrected chi connectivity index (χ0v) is 9.07. The Morgan fingerprint density at radius 1 is 1.12 bits per heavy atom. The molecule has 0 aliphatic heterocycles. The number of amidine groups is 1. The standard InChI is InChI=1S/C13H13N3/c1-9-2-7-12(16-8-9)10-3-5-11(6-4-10)13(14)15/h2-8H,1H3,(H3,14,15). The largest absolute Gasteiger partial charge is 0.384 e. The molecule has 2 rings (SSSR count). The number of pyridine rings is 1. The van der Waals surface area contributed by atoms with E-state index in [0.29, 0.717) is 0 Å². The zero-order chi connectivity index (χ0) is 11.5. The summed E-state index contributed by atoms with van der Waals surface area (Å²) in [5.74, 6) is 0.0865. The third kappa shape index (κ3) is 2.08. The van der Waals surface area contributed by atoms with Crippen molar-refractivity contribution in [1.82, 2.24) is 4.98 Å². The molecule has 0 spiro atoms. The summed E-state index contributed by atoms with van der Waals surface area (Å²) in [6, 6.07) is 11.5. The van der Waals surface area contributed by atoms with Gasteiger partial charge in [0.2, 0.25) is 0 Å². The van der Waals surface area contributed by atoms with E-state index in [1.807, 2.05) is 49.5 Å². The molecule has 0 fully saturated rings. The first kappa shape index (κ1) is 10.4. The first-order valence-corrected chi connectivity index (χ1v) is 5.04. The Morgan fingerprint density at radius 3 is 2.31 bits per heavy atom. The second kappa shape index (κ2) is 4.14. The summed E-state index contributed by atoms with van der Waals surface area (Å²) >= 11 is 0. The first-order valence-electron chi connectivity index (χ1n) is 5.04. The lowest BCUT2D eigenvalue weighted by Crippen LogP contribution is -2.10. The Labute approximate surface area is 94.5 Å². The van der Waals surface area contributed by atoms with Crippen molar-refractivity contribution in [3.05, 3.63) is 53.7 Å². The second-order valence-electron chi connectivity index (χ2n) is 3.71. The summed E-state index contributed by atoms with van der Waals surface area (Å²) in [7, 11) is 0. The number of benzene rings is 1. The van der Waals surface area contributed by atoms with Gasteiger partial charge in [-0.25, -0.2) is 0 Å². The van der Waals surface area contributed by atoms with Crippen LogP contribution in [0.4, 0.5) is 0 Å². The molecule has 80 valence electrons. The van der Waals surface area contributed by atoms with Gasteiger partial charge in [-0.3, -0.25) is 10.4 Å². The molecule has 0 aliphatic rings. The maximum atomic E-state index is 7.30. The molecule has 1 aromatic carbocycles. The smallest absolute Gasteiger partial charge is 0.122 e. The summed E-state index contributed by atoms with van der Waals surface area (Å²) in [4.78, 5) is 4.34. The van der Waals surface area contributed by atoms with E-state index in [1.165, 1.54) is 0 Å². The van der Waals surface area contributed by atoms with Gasteiger partial charge in [-0.05, 0) is 18.6 Å². The van der Waals surface area contributed by atoms with E-state index < -0.39 is 0 Å². The average Bonchev–Trinajstić information content (AvgIpc) is 2.30. The fraction of sp³-hybridized carbons (Fsp3) is 0.0769. The maximum Gasteiger partial charge on any atom is 0.122 e. The molecule has 0 unspecified atom stereocenters. The van der Waals surface area contributed by atoms with E-state index in [1.54, 1.807) is 0 Å². The van der Waals surface area contributed by atoms with Crippen molar-refractivity contribution in [3.63, 3.8) is 0 Å². The van der Waals surface area contributed by atoms with Crippen molar-refractivity contribution in [2.45, 2.75) is 6.92 Å². The van der Waals surface area contributed by atoms with E-state index >= 15 is 0 Å². The molecular weight excluding hydrogens is 198 g/mol. The number of aromatic nitrogens is 1. The Morgan fingerprint density at radius 2 is 1.81 bits per heavy atom. The van der Waals surface area contributed by atoms with Gasteiger partial charge in [0.25, 0.3) is 0 Å². The highest BCUT2D eigenvalue weighted by Gasteiger charge is 2.00. The van der Waals surface area contributed by atoms with Crippen LogP contribution in [0, 0.1) is 12.3 Å². The molecule has 0 amide bonds. The number of nitrogens with zero attached hydrogens (tertiary/aromatic N) is 1. The van der Waals surface area contributed by atoms with Crippen molar-refractivity contribution >= 4 is 5.84 Å². The van der Waals surface area contributed by atoms with Crippen molar-refractivity contribution < 1.29 is 0 Å². The van der Waals surface area contributed by atoms with Crippen molar-refractivity contribution in [2.75, 3.05) is 0 Å². The van der Waals surface area contributed by atoms with Crippen molar-refractivity contribution in [2.24, 2.45) is 5.73 Å². The van der Waals surface area contributed by atoms with Crippen molar-refractivity contribution in [3.8, 4) is 11.3 Å². The molecule has 3 heteroatoms. The molecule has 2 aromatic rings. The monoisotopic (exact) mass is 211 g/mol. The summed E-state index contributed by atoms with van der Waals surface area (Å²) in [6.45, 7) is 2.01. The Balaban J connectivity index is 2.34. The lowest BCUT2D eigenvalue weighted by molar-refractivity contribution is 1.27. The molecule has 0 bridgehead atoms. The van der Waals surface area contributed by atoms with Crippen LogP contribution in [0.1, 0.15) is 11.1 Å². The summed E-state index contributed by atoms with van der Waals surface area (Å²) in [5.41, 5.74) is 9.23. The Bertz CT molecular complexity index is 498. The summed E-state index contributed by atoms with van der Waals surface area (Å²) in [5, 5.41) is 7.30. The van der Waals surface area contributed by atoms with Crippen LogP contribution in [0.2, 0.25) is 0 Å². The minimum Gasteiger partial charge on any atom is -0.384 e. The molecule has 3 nitrogen and oxygen atoms in total. The average molecular weight is 211 g/mol. The molecule has 1 aromatic heterocycles. The van der Waals surface area contributed by atoms with Crippen LogP contribution in [-0.2, 0) is 0 Å². The van der Waals surface area contributed by atoms with E-state index in [9.17, 15) is 0 Å². The maximum absolute atomic E-state index is 7.30. The molecule has 16 heavy (non-hydrogen) atoms. The third-order valence-corrected chi connectivity index (χ3v) is 2.40. The van der Waals surface area contributed by atoms with E-state index in [-0.39, 0.29) is 5.84 Å². The Hall–Kier alpha value is -2.16. The van der Waals surface area contributed by atoms with Crippen LogP contribution in [-0.4, -0.2) is 10.8 Å². The predicted molar refractivity (Wildman–Crippen MR) is 65.4 cm³/mol. The summed E-state index contributed by atoms with van der Waals surface area (Å²) in [6.07, 6.45) is 1.84. The number of rotatable bonds is 2. The third-order valence-electron chi connectivity index (χ3n) is 2.40. The predicted octanol–water partition coefficient (Wildman–Crippen LogP) is 2.34. The van der Waals surface area contributed by atoms with Gasteiger partial charge in [0, 0.05) is 17.3 Å². The van der Waals surface area contributed by atoms with E-state index in [0.717, 1.165) is 22.4 Å². The molecule has 0 saturated carbocycles. The van der Waals surface area contributed by atoms with Gasteiger partial charge in [0.1, 0.15) is 5.84 Å². The molecule has 1 heterocycles. The van der Waals surface area contributed by atoms with E-state index in [4.69, 9.17) is 11.1 Å². The highest BCUT2D eigenvalue weighted by molar-refractivity contribution is 5.95. The molecule has 0 saturated heterocycles. The van der Waals surface area contributed by atoms with Crippen LogP contribution < -0.4 is 5.73 Å². The zero-order valence-electron chi connectivity index (χ0n) is 9.07. The van der Waals surface area contributed by atoms with Gasteiger partial charge in [-0.15, -0.1) is 0 Å². The quantitative estimate of drug-likeness (QED) is 0.591. The molecule has 0 aliphatic carbocycles. The molecular formula is C13H13N3. The van der Waals surface area contributed by atoms with Gasteiger partial charge in [0.15, 0.2) is 0 Å². The second-order valence-corrected chi connectivity index (χ2v) is 3.71. The highest BCUT2D eigenvalue weighted by atomic mass is 14.7. The van der Waals surface area contributed by atoms with Gasteiger partial charge < -0.3 is 5.73 Å². The molecule has 3 N–H and O–H groups in total. The van der Waals surface area contributed by atoms with Gasteiger partial charge in [-0.1, -0.05) is 30.3 Å². The van der Waals surface area contributed by atoms with Crippen molar-refractivity contribution in [1.29, 1.82) is 5.41 Å². The first-order chi connectivity index (χ1) is 7.66. The van der Waals surface area contributed by atoms with Gasteiger partial charge in [-0.2, -0.15) is 0 Å². The number of nitrogens with one attached hydrogen (secondary N) is 1. The number of hydrogen-bond donors (Lipinski definition) is 2. The van der Waals surface area contributed by atoms with Gasteiger partial charge in [0.05, 0.1) is 5.69 Å². The topological polar surface area (TPSA) is 62.8 Å². The lowest BCUT2D eigenvalue weighted by atomic mass is 10.1. The molecule has 0 atom stereocenters. The minimum absolute atomic E-state index is 0.0865. The molecule has 0 radical (unpaired) electrons. The van der Waals surface area contributed by atoms with Crippen LogP contribution in [0.5, 0.6) is 0 Å². The normalized spacial score (nSPS) is 10.1. The SMILES string of the molecule is Cc1ccc(-c2ccc(C(=N)N)cc2)nc1. The van der Waals surface area contributed by atoms with Crippen LogP contribution in [0.3, 0.4) is 0 Å². The summed E-state index contributed by atoms with van der Waals surface area (Å²) < 4.78 is 0. The number of nitrogen functional groups attached to an aromatic ring is 1. The number of aryl methyl sites for hydroxylation is 1. The fourth-order valence-corrected chi connectivity index (χ4v) is 1.46. The van der Waals surface area contributed by atoms with Crippen LogP contribution >= 0.6 is 0 Å². The highest BCUT2D eigenvalue weighted by Crippen LogP contribution is 2.17.